The summed E-state index contributed by atoms with van der Waals surface area (Å²) in [5.74, 6) is 0.460. The molecule has 0 radical (unpaired) electrons. The Hall–Kier alpha value is -2.58. The lowest BCUT2D eigenvalue weighted by Crippen LogP contribution is -2.20. The number of anilines is 2. The van der Waals surface area contributed by atoms with Crippen molar-refractivity contribution in [3.8, 4) is 0 Å². The normalized spacial score (nSPS) is 11.0. The first-order chi connectivity index (χ1) is 16.2. The lowest BCUT2D eigenvalue weighted by atomic mass is 10.1. The summed E-state index contributed by atoms with van der Waals surface area (Å²) in [4.78, 5) is 0. The summed E-state index contributed by atoms with van der Waals surface area (Å²) in [5, 5.41) is 17.4. The van der Waals surface area contributed by atoms with Crippen molar-refractivity contribution in [2.75, 3.05) is 10.6 Å². The maximum absolute atomic E-state index is 6.39. The molecule has 2 aromatic heterocycles. The van der Waals surface area contributed by atoms with Crippen LogP contribution < -0.4 is 10.6 Å². The molecule has 4 rings (SSSR count). The zero-order chi connectivity index (χ0) is 24.4. The van der Waals surface area contributed by atoms with Crippen molar-refractivity contribution in [1.29, 1.82) is 0 Å². The molecule has 0 saturated carbocycles. The second-order valence-corrected chi connectivity index (χ2v) is 9.61. The van der Waals surface area contributed by atoms with Crippen molar-refractivity contribution >= 4 is 63.6 Å². The van der Waals surface area contributed by atoms with Crippen LogP contribution in [-0.4, -0.2) is 24.7 Å². The van der Waals surface area contributed by atoms with Crippen molar-refractivity contribution in [1.82, 2.24) is 19.6 Å². The Bertz CT molecular complexity index is 1360. The van der Waals surface area contributed by atoms with E-state index in [-0.39, 0.29) is 0 Å². The van der Waals surface area contributed by atoms with E-state index in [1.165, 1.54) is 11.1 Å². The van der Waals surface area contributed by atoms with E-state index in [1.807, 2.05) is 36.7 Å². The average molecular weight is 534 g/mol. The molecule has 0 amide bonds. The number of thiocarbonyl (C=S) groups is 1. The largest absolute Gasteiger partial charge is 0.329 e. The number of nitrogens with zero attached hydrogens (tertiary/aromatic N) is 4. The summed E-state index contributed by atoms with van der Waals surface area (Å²) in [6.45, 7) is 7.24. The molecule has 0 saturated heterocycles. The van der Waals surface area contributed by atoms with Crippen molar-refractivity contribution < 1.29 is 0 Å². The summed E-state index contributed by atoms with van der Waals surface area (Å²) in [6.07, 6.45) is 1.73. The van der Waals surface area contributed by atoms with Gasteiger partial charge in [-0.15, -0.1) is 0 Å². The van der Waals surface area contributed by atoms with Crippen molar-refractivity contribution in [3.63, 3.8) is 0 Å². The van der Waals surface area contributed by atoms with Crippen LogP contribution >= 0.6 is 47.0 Å². The van der Waals surface area contributed by atoms with Gasteiger partial charge in [-0.2, -0.15) is 10.2 Å². The molecule has 0 atom stereocenters. The van der Waals surface area contributed by atoms with Gasteiger partial charge in [0.2, 0.25) is 0 Å². The van der Waals surface area contributed by atoms with Crippen LogP contribution in [0.25, 0.3) is 0 Å². The Morgan fingerprint density at radius 3 is 2.41 bits per heavy atom. The van der Waals surface area contributed by atoms with Gasteiger partial charge in [-0.25, -0.2) is 0 Å². The highest BCUT2D eigenvalue weighted by atomic mass is 35.5. The minimum atomic E-state index is 0.378. The third kappa shape index (κ3) is 5.55. The molecule has 0 aliphatic rings. The molecule has 0 spiro atoms. The van der Waals surface area contributed by atoms with Gasteiger partial charge in [0.1, 0.15) is 5.02 Å². The Morgan fingerprint density at radius 1 is 0.912 bits per heavy atom. The quantitative estimate of drug-likeness (QED) is 0.265. The first-order valence-electron chi connectivity index (χ1n) is 10.5. The molecule has 10 heteroatoms. The van der Waals surface area contributed by atoms with Crippen LogP contribution in [0.5, 0.6) is 0 Å². The van der Waals surface area contributed by atoms with Crippen LogP contribution in [0.1, 0.15) is 28.1 Å². The van der Waals surface area contributed by atoms with E-state index in [0.717, 1.165) is 22.6 Å². The van der Waals surface area contributed by atoms with E-state index in [2.05, 4.69) is 39.9 Å². The molecule has 2 heterocycles. The standard InChI is InChI=1S/C24H23Cl3N6S/c1-14-6-4-5-7-18(14)12-33-16(3)22(15(2)30-33)28-24(34)29-23-21(27)13-32(31-23)11-17-8-9-19(25)20(26)10-17/h4-10,13H,11-12H2,1-3H3,(H2,28,29,31,34). The molecule has 2 N–H and O–H groups in total. The van der Waals surface area contributed by atoms with Crippen LogP contribution in [0.15, 0.2) is 48.7 Å². The van der Waals surface area contributed by atoms with Gasteiger partial charge in [0.05, 0.1) is 40.2 Å². The van der Waals surface area contributed by atoms with Crippen LogP contribution in [0, 0.1) is 20.8 Å². The molecular formula is C24H23Cl3N6S. The van der Waals surface area contributed by atoms with E-state index in [0.29, 0.717) is 39.1 Å². The predicted molar refractivity (Wildman–Crippen MR) is 145 cm³/mol. The molecular weight excluding hydrogens is 511 g/mol. The van der Waals surface area contributed by atoms with Crippen LogP contribution in [0.3, 0.4) is 0 Å². The van der Waals surface area contributed by atoms with Crippen LogP contribution in [0.2, 0.25) is 15.1 Å². The molecule has 2 aromatic carbocycles. The number of hydrogen-bond acceptors (Lipinski definition) is 3. The van der Waals surface area contributed by atoms with Crippen molar-refractivity contribution in [3.05, 3.63) is 91.8 Å². The second kappa shape index (κ2) is 10.4. The van der Waals surface area contributed by atoms with Crippen LogP contribution in [-0.2, 0) is 13.1 Å². The lowest BCUT2D eigenvalue weighted by Gasteiger charge is -2.11. The van der Waals surface area contributed by atoms with Gasteiger partial charge in [0, 0.05) is 6.20 Å². The Kier molecular flexibility index (Phi) is 7.48. The molecule has 0 aliphatic carbocycles. The van der Waals surface area contributed by atoms with Crippen LogP contribution in [0.4, 0.5) is 11.5 Å². The fourth-order valence-electron chi connectivity index (χ4n) is 3.62. The molecule has 6 nitrogen and oxygen atoms in total. The maximum atomic E-state index is 6.39. The van der Waals surface area contributed by atoms with Crippen molar-refractivity contribution in [2.45, 2.75) is 33.9 Å². The Labute approximate surface area is 218 Å². The minimum Gasteiger partial charge on any atom is -0.329 e. The lowest BCUT2D eigenvalue weighted by molar-refractivity contribution is 0.657. The number of halogens is 3. The number of nitrogens with one attached hydrogen (secondary N) is 2. The number of benzene rings is 2. The van der Waals surface area contributed by atoms with Gasteiger partial charge in [0.15, 0.2) is 10.9 Å². The Balaban J connectivity index is 1.44. The maximum Gasteiger partial charge on any atom is 0.176 e. The monoisotopic (exact) mass is 532 g/mol. The first kappa shape index (κ1) is 24.5. The third-order valence-corrected chi connectivity index (χ3v) is 6.70. The first-order valence-corrected chi connectivity index (χ1v) is 12.1. The second-order valence-electron chi connectivity index (χ2n) is 7.98. The molecule has 0 unspecified atom stereocenters. The highest BCUT2D eigenvalue weighted by molar-refractivity contribution is 7.80. The highest BCUT2D eigenvalue weighted by Gasteiger charge is 2.15. The van der Waals surface area contributed by atoms with E-state index >= 15 is 0 Å². The predicted octanol–water partition coefficient (Wildman–Crippen LogP) is 6.87. The molecule has 0 bridgehead atoms. The zero-order valence-electron chi connectivity index (χ0n) is 18.9. The van der Waals surface area contributed by atoms with E-state index in [9.17, 15) is 0 Å². The molecule has 0 fully saturated rings. The van der Waals surface area contributed by atoms with Gasteiger partial charge in [0.25, 0.3) is 0 Å². The minimum absolute atomic E-state index is 0.378. The number of aromatic nitrogens is 4. The summed E-state index contributed by atoms with van der Waals surface area (Å²) in [5.41, 5.74) is 6.10. The smallest absolute Gasteiger partial charge is 0.176 e. The van der Waals surface area contributed by atoms with Gasteiger partial charge >= 0.3 is 0 Å². The topological polar surface area (TPSA) is 59.7 Å². The van der Waals surface area contributed by atoms with Crippen molar-refractivity contribution in [2.24, 2.45) is 0 Å². The fourth-order valence-corrected chi connectivity index (χ4v) is 4.34. The van der Waals surface area contributed by atoms with Gasteiger partial charge in [-0.1, -0.05) is 65.1 Å². The zero-order valence-corrected chi connectivity index (χ0v) is 21.9. The summed E-state index contributed by atoms with van der Waals surface area (Å²) < 4.78 is 3.69. The molecule has 34 heavy (non-hydrogen) atoms. The van der Waals surface area contributed by atoms with Gasteiger partial charge in [-0.3, -0.25) is 9.36 Å². The summed E-state index contributed by atoms with van der Waals surface area (Å²) in [7, 11) is 0. The van der Waals surface area contributed by atoms with Gasteiger partial charge < -0.3 is 10.6 Å². The van der Waals surface area contributed by atoms with E-state index in [1.54, 1.807) is 23.0 Å². The third-order valence-electron chi connectivity index (χ3n) is 5.48. The fraction of sp³-hybridized carbons (Fsp3) is 0.208. The number of aryl methyl sites for hydroxylation is 2. The molecule has 4 aromatic rings. The molecule has 0 aliphatic heterocycles. The average Bonchev–Trinajstić information content (AvgIpc) is 3.25. The number of hydrogen-bond donors (Lipinski definition) is 2. The molecule has 176 valence electrons. The summed E-state index contributed by atoms with van der Waals surface area (Å²) >= 11 is 24.0. The summed E-state index contributed by atoms with van der Waals surface area (Å²) in [6, 6.07) is 13.7. The SMILES string of the molecule is Cc1ccccc1Cn1nc(C)c(NC(=S)Nc2nn(Cc3ccc(Cl)c(Cl)c3)cc2Cl)c1C. The van der Waals surface area contributed by atoms with E-state index < -0.39 is 0 Å². The van der Waals surface area contributed by atoms with E-state index in [4.69, 9.17) is 47.0 Å². The highest BCUT2D eigenvalue weighted by Crippen LogP contribution is 2.25. The van der Waals surface area contributed by atoms with Gasteiger partial charge in [-0.05, 0) is 61.8 Å². The number of rotatable bonds is 6. The Morgan fingerprint density at radius 2 is 1.68 bits per heavy atom.